The van der Waals surface area contributed by atoms with Crippen molar-refractivity contribution in [3.8, 4) is 0 Å². The first-order valence-electron chi connectivity index (χ1n) is 3.00. The number of benzene rings is 1. The average Bonchev–Trinajstić information content (AvgIpc) is 2.10. The summed E-state index contributed by atoms with van der Waals surface area (Å²) in [5.41, 5.74) is 0.541. The smallest absolute Gasteiger partial charge is 0.252 e. The first-order valence-corrected chi connectivity index (χ1v) is 3.38. The van der Waals surface area contributed by atoms with Crippen LogP contribution >= 0.6 is 11.6 Å². The van der Waals surface area contributed by atoms with Gasteiger partial charge in [0.05, 0.1) is 0 Å². The number of aliphatic hydroxyl groups excluding tert-OH is 1. The first kappa shape index (κ1) is 10.1. The molecule has 0 aliphatic carbocycles. The largest absolute Gasteiger partial charge is 0.400 e. The molecule has 0 spiro atoms. The van der Waals surface area contributed by atoms with Crippen LogP contribution in [0.4, 0.5) is 0 Å². The predicted octanol–water partition coefficient (Wildman–Crippen LogP) is 1.67. The van der Waals surface area contributed by atoms with Crippen LogP contribution in [-0.2, 0) is 0 Å². The molecule has 0 aliphatic rings. The van der Waals surface area contributed by atoms with Crippen molar-refractivity contribution in [2.45, 2.75) is 0 Å². The van der Waals surface area contributed by atoms with E-state index in [0.717, 1.165) is 7.11 Å². The molecule has 0 heterocycles. The zero-order chi connectivity index (χ0) is 8.69. The van der Waals surface area contributed by atoms with Gasteiger partial charge in [0.25, 0.3) is 5.24 Å². The van der Waals surface area contributed by atoms with Crippen LogP contribution in [0.25, 0.3) is 0 Å². The Morgan fingerprint density at radius 2 is 1.73 bits per heavy atom. The normalized spacial score (nSPS) is 7.91. The van der Waals surface area contributed by atoms with E-state index in [2.05, 4.69) is 0 Å². The zero-order valence-electron chi connectivity index (χ0n) is 6.12. The Bertz CT molecular complexity index is 209. The van der Waals surface area contributed by atoms with Crippen molar-refractivity contribution < 1.29 is 9.90 Å². The van der Waals surface area contributed by atoms with Gasteiger partial charge in [-0.1, -0.05) is 30.3 Å². The SMILES string of the molecule is CO.O=C(Cl)c1ccccc1. The van der Waals surface area contributed by atoms with Crippen LogP contribution < -0.4 is 0 Å². The topological polar surface area (TPSA) is 37.3 Å². The molecule has 0 aliphatic heterocycles. The van der Waals surface area contributed by atoms with Crippen molar-refractivity contribution in [2.24, 2.45) is 0 Å². The Kier molecular flexibility index (Phi) is 5.43. The summed E-state index contributed by atoms with van der Waals surface area (Å²) in [7, 11) is 1.00. The highest BCUT2D eigenvalue weighted by Crippen LogP contribution is 2.01. The number of hydrogen-bond donors (Lipinski definition) is 1. The van der Waals surface area contributed by atoms with Gasteiger partial charge in [0, 0.05) is 12.7 Å². The van der Waals surface area contributed by atoms with E-state index < -0.39 is 5.24 Å². The Hall–Kier alpha value is -0.860. The van der Waals surface area contributed by atoms with Gasteiger partial charge >= 0.3 is 0 Å². The van der Waals surface area contributed by atoms with Crippen LogP contribution in [0.3, 0.4) is 0 Å². The fourth-order valence-corrected chi connectivity index (χ4v) is 0.695. The molecule has 0 amide bonds. The van der Waals surface area contributed by atoms with E-state index in [1.807, 2.05) is 6.07 Å². The van der Waals surface area contributed by atoms with Crippen LogP contribution in [0, 0.1) is 0 Å². The summed E-state index contributed by atoms with van der Waals surface area (Å²) in [4.78, 5) is 10.4. The van der Waals surface area contributed by atoms with Crippen LogP contribution in [0.5, 0.6) is 0 Å². The first-order chi connectivity index (χ1) is 5.30. The van der Waals surface area contributed by atoms with Crippen molar-refractivity contribution in [1.82, 2.24) is 0 Å². The molecule has 2 nitrogen and oxygen atoms in total. The Labute approximate surface area is 70.4 Å². The molecule has 0 saturated heterocycles. The molecule has 0 saturated carbocycles. The second-order valence-corrected chi connectivity index (χ2v) is 1.98. The van der Waals surface area contributed by atoms with Gasteiger partial charge in [-0.15, -0.1) is 0 Å². The summed E-state index contributed by atoms with van der Waals surface area (Å²) in [6.07, 6.45) is 0. The summed E-state index contributed by atoms with van der Waals surface area (Å²) in [5.74, 6) is 0. The van der Waals surface area contributed by atoms with Gasteiger partial charge in [-0.25, -0.2) is 0 Å². The molecule has 3 heteroatoms. The van der Waals surface area contributed by atoms with Crippen LogP contribution in [-0.4, -0.2) is 17.5 Å². The third-order valence-corrected chi connectivity index (χ3v) is 1.22. The van der Waals surface area contributed by atoms with Gasteiger partial charge in [-0.05, 0) is 11.6 Å². The van der Waals surface area contributed by atoms with Crippen LogP contribution in [0.2, 0.25) is 0 Å². The molecule has 0 fully saturated rings. The second-order valence-electron chi connectivity index (χ2n) is 1.64. The summed E-state index contributed by atoms with van der Waals surface area (Å²) in [5, 5.41) is 6.59. The third-order valence-electron chi connectivity index (χ3n) is 1.00. The molecule has 1 aromatic carbocycles. The van der Waals surface area contributed by atoms with Crippen LogP contribution in [0.1, 0.15) is 10.4 Å². The predicted molar refractivity (Wildman–Crippen MR) is 44.8 cm³/mol. The van der Waals surface area contributed by atoms with Crippen molar-refractivity contribution in [1.29, 1.82) is 0 Å². The van der Waals surface area contributed by atoms with E-state index >= 15 is 0 Å². The molecule has 0 unspecified atom stereocenters. The molecule has 11 heavy (non-hydrogen) atoms. The Morgan fingerprint density at radius 3 is 2.00 bits per heavy atom. The monoisotopic (exact) mass is 172 g/mol. The van der Waals surface area contributed by atoms with Crippen molar-refractivity contribution in [3.05, 3.63) is 35.9 Å². The Balaban J connectivity index is 0.000000461. The lowest BCUT2D eigenvalue weighted by Gasteiger charge is -1.87. The highest BCUT2D eigenvalue weighted by molar-refractivity contribution is 6.67. The lowest BCUT2D eigenvalue weighted by Crippen LogP contribution is -1.84. The minimum absolute atomic E-state index is 0.407. The lowest BCUT2D eigenvalue weighted by molar-refractivity contribution is 0.108. The molecule has 60 valence electrons. The maximum absolute atomic E-state index is 10.4. The fraction of sp³-hybridized carbons (Fsp3) is 0.125. The number of carbonyl (C=O) groups excluding carboxylic acids is 1. The number of carbonyl (C=O) groups is 1. The van der Waals surface area contributed by atoms with Gasteiger partial charge < -0.3 is 5.11 Å². The molecule has 1 N–H and O–H groups in total. The molecular weight excluding hydrogens is 164 g/mol. The van der Waals surface area contributed by atoms with Gasteiger partial charge in [0.15, 0.2) is 0 Å². The standard InChI is InChI=1S/C7H5ClO.CH4O/c8-7(9)6-4-2-1-3-5-6;1-2/h1-5H;2H,1H3. The lowest BCUT2D eigenvalue weighted by atomic mass is 10.2. The summed E-state index contributed by atoms with van der Waals surface area (Å²) >= 11 is 5.16. The minimum atomic E-state index is -0.407. The minimum Gasteiger partial charge on any atom is -0.400 e. The van der Waals surface area contributed by atoms with E-state index in [-0.39, 0.29) is 0 Å². The molecule has 1 aromatic rings. The van der Waals surface area contributed by atoms with Gasteiger partial charge in [0.1, 0.15) is 0 Å². The highest BCUT2D eigenvalue weighted by Gasteiger charge is 1.95. The zero-order valence-corrected chi connectivity index (χ0v) is 6.88. The van der Waals surface area contributed by atoms with Crippen LogP contribution in [0.15, 0.2) is 30.3 Å². The van der Waals surface area contributed by atoms with Crippen molar-refractivity contribution in [3.63, 3.8) is 0 Å². The molecule has 0 atom stereocenters. The maximum atomic E-state index is 10.4. The molecule has 1 rings (SSSR count). The van der Waals surface area contributed by atoms with Crippen molar-refractivity contribution in [2.75, 3.05) is 7.11 Å². The van der Waals surface area contributed by atoms with Gasteiger partial charge in [-0.3, -0.25) is 4.79 Å². The summed E-state index contributed by atoms with van der Waals surface area (Å²) in [6, 6.07) is 8.74. The molecule has 0 bridgehead atoms. The third kappa shape index (κ3) is 3.75. The van der Waals surface area contributed by atoms with E-state index in [9.17, 15) is 4.79 Å². The van der Waals surface area contributed by atoms with E-state index in [1.54, 1.807) is 24.3 Å². The quantitative estimate of drug-likeness (QED) is 0.655. The van der Waals surface area contributed by atoms with E-state index in [4.69, 9.17) is 16.7 Å². The fourth-order valence-electron chi connectivity index (χ4n) is 0.569. The average molecular weight is 173 g/mol. The maximum Gasteiger partial charge on any atom is 0.252 e. The van der Waals surface area contributed by atoms with Crippen molar-refractivity contribution >= 4 is 16.8 Å². The van der Waals surface area contributed by atoms with E-state index in [0.29, 0.717) is 5.56 Å². The number of halogens is 1. The van der Waals surface area contributed by atoms with E-state index in [1.165, 1.54) is 0 Å². The summed E-state index contributed by atoms with van der Waals surface area (Å²) < 4.78 is 0. The number of aliphatic hydroxyl groups is 1. The molecule has 0 radical (unpaired) electrons. The highest BCUT2D eigenvalue weighted by atomic mass is 35.5. The molecular formula is C8H9ClO2. The number of hydrogen-bond acceptors (Lipinski definition) is 2. The van der Waals surface area contributed by atoms with Gasteiger partial charge in [0.2, 0.25) is 0 Å². The Morgan fingerprint density at radius 1 is 1.27 bits per heavy atom. The number of rotatable bonds is 1. The molecule has 0 aromatic heterocycles. The second kappa shape index (κ2) is 5.89. The summed E-state index contributed by atoms with van der Waals surface area (Å²) in [6.45, 7) is 0. The van der Waals surface area contributed by atoms with Gasteiger partial charge in [-0.2, -0.15) is 0 Å².